The molecule has 0 fully saturated rings. The zero-order valence-electron chi connectivity index (χ0n) is 40.7. The van der Waals surface area contributed by atoms with Crippen LogP contribution in [0.15, 0.2) is 24.3 Å². The summed E-state index contributed by atoms with van der Waals surface area (Å²) in [5, 5.41) is 20.0. The van der Waals surface area contributed by atoms with E-state index < -0.39 is 6.10 Å². The lowest BCUT2D eigenvalue weighted by Crippen LogP contribution is -2.40. The zero-order valence-corrected chi connectivity index (χ0v) is 40.7. The largest absolute Gasteiger partial charge is 0.466 e. The molecule has 0 saturated carbocycles. The Hall–Kier alpha value is -1.70. The number of nitrogens with zero attached hydrogens (tertiary/aromatic N) is 1. The van der Waals surface area contributed by atoms with Gasteiger partial charge in [0, 0.05) is 32.5 Å². The van der Waals surface area contributed by atoms with Crippen LogP contribution in [0.3, 0.4) is 0 Å². The maximum absolute atomic E-state index is 12.8. The standard InChI is InChI=1S/C54H103NO6/c1-3-5-7-9-11-13-15-17-19-20-25-29-33-37-41-45-54(59)61-49-43-39-35-31-27-23-21-24-28-32-36-40-44-53(58)55(46-47-56)50-52(57)51-60-48-42-38-34-30-26-22-18-16-14-12-10-8-6-4-2/h11,13,17,19,52,56-57H,3-10,12,14-16,18,20-51H2,1-2H3/b13-11-,19-17-. The first-order chi connectivity index (χ1) is 30.0. The second-order valence-corrected chi connectivity index (χ2v) is 18.1. The van der Waals surface area contributed by atoms with E-state index in [0.29, 0.717) is 26.1 Å². The van der Waals surface area contributed by atoms with E-state index in [1.165, 1.54) is 173 Å². The molecule has 2 N–H and O–H groups in total. The number of hydrogen-bond donors (Lipinski definition) is 2. The van der Waals surface area contributed by atoms with Crippen molar-refractivity contribution in [2.75, 3.05) is 39.5 Å². The van der Waals surface area contributed by atoms with Gasteiger partial charge in [0.15, 0.2) is 0 Å². The Balaban J connectivity index is 3.55. The fraction of sp³-hybridized carbons (Fsp3) is 0.889. The van der Waals surface area contributed by atoms with Gasteiger partial charge in [-0.3, -0.25) is 9.59 Å². The third-order valence-corrected chi connectivity index (χ3v) is 12.0. The highest BCUT2D eigenvalue weighted by Gasteiger charge is 2.17. The summed E-state index contributed by atoms with van der Waals surface area (Å²) in [4.78, 5) is 26.5. The van der Waals surface area contributed by atoms with Gasteiger partial charge in [-0.15, -0.1) is 0 Å². The summed E-state index contributed by atoms with van der Waals surface area (Å²) in [5.74, 6) is -0.00647. The van der Waals surface area contributed by atoms with E-state index in [2.05, 4.69) is 38.2 Å². The molecule has 0 aromatic heterocycles. The van der Waals surface area contributed by atoms with E-state index in [-0.39, 0.29) is 38.2 Å². The summed E-state index contributed by atoms with van der Waals surface area (Å²) in [6, 6.07) is 0. The van der Waals surface area contributed by atoms with Crippen LogP contribution in [0.5, 0.6) is 0 Å². The molecule has 360 valence electrons. The Kier molecular flexibility index (Phi) is 49.5. The number of carbonyl (C=O) groups excluding carboxylic acids is 2. The van der Waals surface area contributed by atoms with Gasteiger partial charge in [-0.25, -0.2) is 0 Å². The molecule has 0 heterocycles. The van der Waals surface area contributed by atoms with Crippen molar-refractivity contribution in [1.29, 1.82) is 0 Å². The number of hydrogen-bond acceptors (Lipinski definition) is 6. The van der Waals surface area contributed by atoms with Crippen molar-refractivity contribution >= 4 is 11.9 Å². The van der Waals surface area contributed by atoms with Gasteiger partial charge in [0.25, 0.3) is 0 Å². The van der Waals surface area contributed by atoms with E-state index in [9.17, 15) is 19.8 Å². The third-order valence-electron chi connectivity index (χ3n) is 12.0. The smallest absolute Gasteiger partial charge is 0.305 e. The maximum Gasteiger partial charge on any atom is 0.305 e. The molecule has 7 heteroatoms. The van der Waals surface area contributed by atoms with E-state index in [0.717, 1.165) is 64.2 Å². The fourth-order valence-electron chi connectivity index (χ4n) is 8.01. The van der Waals surface area contributed by atoms with Crippen molar-refractivity contribution in [3.05, 3.63) is 24.3 Å². The van der Waals surface area contributed by atoms with Crippen molar-refractivity contribution in [2.45, 2.75) is 270 Å². The predicted molar refractivity (Wildman–Crippen MR) is 261 cm³/mol. The van der Waals surface area contributed by atoms with Gasteiger partial charge in [-0.1, -0.05) is 218 Å². The van der Waals surface area contributed by atoms with Crippen molar-refractivity contribution < 1.29 is 29.3 Å². The van der Waals surface area contributed by atoms with Gasteiger partial charge in [-0.05, 0) is 57.8 Å². The van der Waals surface area contributed by atoms with E-state index in [4.69, 9.17) is 9.47 Å². The number of aliphatic hydroxyl groups excluding tert-OH is 2. The number of amides is 1. The minimum absolute atomic E-state index is 0.0191. The molecule has 0 saturated heterocycles. The number of ether oxygens (including phenoxy) is 2. The van der Waals surface area contributed by atoms with E-state index in [1.54, 1.807) is 4.90 Å². The SMILES string of the molecule is CCCCC/C=C\C/C=C\CCCCCCCC(=O)OCCCCCCCCCCCCCCC(=O)N(CCO)CC(O)COCCCCCCCCCCCCCCCC. The molecule has 61 heavy (non-hydrogen) atoms. The minimum Gasteiger partial charge on any atom is -0.466 e. The van der Waals surface area contributed by atoms with Gasteiger partial charge in [-0.2, -0.15) is 0 Å². The molecule has 0 radical (unpaired) electrons. The van der Waals surface area contributed by atoms with Gasteiger partial charge in [0.1, 0.15) is 0 Å². The summed E-state index contributed by atoms with van der Waals surface area (Å²) in [6.45, 7) is 6.38. The predicted octanol–water partition coefficient (Wildman–Crippen LogP) is 15.1. The Morgan fingerprint density at radius 1 is 0.492 bits per heavy atom. The van der Waals surface area contributed by atoms with Crippen molar-refractivity contribution in [3.8, 4) is 0 Å². The average molecular weight is 862 g/mol. The molecule has 0 aliphatic heterocycles. The van der Waals surface area contributed by atoms with Crippen molar-refractivity contribution in [2.24, 2.45) is 0 Å². The quantitative estimate of drug-likeness (QED) is 0.0359. The van der Waals surface area contributed by atoms with Gasteiger partial charge in [0.05, 0.1) is 25.9 Å². The molecule has 0 aromatic rings. The third kappa shape index (κ3) is 47.6. The molecule has 0 aromatic carbocycles. The van der Waals surface area contributed by atoms with Crippen molar-refractivity contribution in [3.63, 3.8) is 0 Å². The monoisotopic (exact) mass is 862 g/mol. The second-order valence-electron chi connectivity index (χ2n) is 18.1. The number of aliphatic hydroxyl groups is 2. The average Bonchev–Trinajstić information content (AvgIpc) is 3.25. The molecule has 0 rings (SSSR count). The number of esters is 1. The molecule has 1 amide bonds. The van der Waals surface area contributed by atoms with Crippen LogP contribution in [0.2, 0.25) is 0 Å². The topological polar surface area (TPSA) is 96.3 Å². The minimum atomic E-state index is -0.720. The summed E-state index contributed by atoms with van der Waals surface area (Å²) in [7, 11) is 0. The maximum atomic E-state index is 12.8. The summed E-state index contributed by atoms with van der Waals surface area (Å²) >= 11 is 0. The zero-order chi connectivity index (χ0) is 44.4. The molecule has 0 spiro atoms. The number of allylic oxidation sites excluding steroid dienone is 4. The van der Waals surface area contributed by atoms with Crippen LogP contribution in [-0.2, 0) is 19.1 Å². The first-order valence-electron chi connectivity index (χ1n) is 26.6. The van der Waals surface area contributed by atoms with Gasteiger partial charge in [0.2, 0.25) is 5.91 Å². The lowest BCUT2D eigenvalue weighted by atomic mass is 10.0. The first-order valence-corrected chi connectivity index (χ1v) is 26.6. The highest BCUT2D eigenvalue weighted by atomic mass is 16.5. The van der Waals surface area contributed by atoms with Crippen LogP contribution in [-0.4, -0.2) is 72.6 Å². The first kappa shape index (κ1) is 59.3. The molecule has 7 nitrogen and oxygen atoms in total. The number of unbranched alkanes of at least 4 members (excludes halogenated alkanes) is 32. The van der Waals surface area contributed by atoms with Crippen LogP contribution >= 0.6 is 0 Å². The number of carbonyl (C=O) groups is 2. The molecule has 0 aliphatic rings. The lowest BCUT2D eigenvalue weighted by Gasteiger charge is -2.24. The van der Waals surface area contributed by atoms with Crippen LogP contribution < -0.4 is 0 Å². The normalized spacial score (nSPS) is 12.3. The summed E-state index contributed by atoms with van der Waals surface area (Å²) in [5.41, 5.74) is 0. The van der Waals surface area contributed by atoms with Crippen LogP contribution in [0, 0.1) is 0 Å². The Bertz CT molecular complexity index is 954. The fourth-order valence-corrected chi connectivity index (χ4v) is 8.01. The molecular formula is C54H103NO6. The lowest BCUT2D eigenvalue weighted by molar-refractivity contribution is -0.144. The van der Waals surface area contributed by atoms with Gasteiger partial charge >= 0.3 is 5.97 Å². The van der Waals surface area contributed by atoms with Crippen LogP contribution in [0.1, 0.15) is 264 Å². The van der Waals surface area contributed by atoms with Crippen LogP contribution in [0.25, 0.3) is 0 Å². The molecule has 0 aliphatic carbocycles. The van der Waals surface area contributed by atoms with E-state index in [1.807, 2.05) is 0 Å². The molecule has 0 bridgehead atoms. The summed E-state index contributed by atoms with van der Waals surface area (Å²) in [6.07, 6.45) is 55.2. The Labute approximate surface area is 379 Å². The molecule has 1 atom stereocenters. The summed E-state index contributed by atoms with van der Waals surface area (Å²) < 4.78 is 11.2. The Morgan fingerprint density at radius 2 is 0.885 bits per heavy atom. The highest BCUT2D eigenvalue weighted by Crippen LogP contribution is 2.16. The number of rotatable bonds is 50. The van der Waals surface area contributed by atoms with Crippen LogP contribution in [0.4, 0.5) is 0 Å². The second kappa shape index (κ2) is 50.9. The highest BCUT2D eigenvalue weighted by molar-refractivity contribution is 5.76. The van der Waals surface area contributed by atoms with Crippen molar-refractivity contribution in [1.82, 2.24) is 4.90 Å². The molecule has 1 unspecified atom stereocenters. The van der Waals surface area contributed by atoms with Gasteiger partial charge < -0.3 is 24.6 Å². The van der Waals surface area contributed by atoms with E-state index >= 15 is 0 Å². The Morgan fingerprint density at radius 3 is 1.38 bits per heavy atom. The molecular weight excluding hydrogens is 759 g/mol.